The van der Waals surface area contributed by atoms with Gasteiger partial charge in [-0.25, -0.2) is 0 Å². The van der Waals surface area contributed by atoms with Gasteiger partial charge in [-0.15, -0.1) is 0 Å². The van der Waals surface area contributed by atoms with Crippen LogP contribution in [0.1, 0.15) is 30.8 Å². The van der Waals surface area contributed by atoms with Crippen molar-refractivity contribution in [3.63, 3.8) is 0 Å². The second-order valence-corrected chi connectivity index (χ2v) is 4.02. The summed E-state index contributed by atoms with van der Waals surface area (Å²) < 4.78 is 0. The monoisotopic (exact) mass is 220 g/mol. The third-order valence-electron chi connectivity index (χ3n) is 2.10. The minimum absolute atomic E-state index is 0.0959. The summed E-state index contributed by atoms with van der Waals surface area (Å²) in [5.74, 6) is 0.284. The first kappa shape index (κ1) is 12.2. The summed E-state index contributed by atoms with van der Waals surface area (Å²) in [5, 5.41) is 14.9. The fourth-order valence-electron chi connectivity index (χ4n) is 1.45. The van der Waals surface area contributed by atoms with E-state index >= 15 is 0 Å². The van der Waals surface area contributed by atoms with Crippen molar-refractivity contribution < 1.29 is 4.79 Å². The van der Waals surface area contributed by atoms with Crippen LogP contribution >= 0.6 is 0 Å². The number of carbonyl (C=O) groups is 1. The fraction of sp³-hybridized carbons (Fsp3) is 0.545. The zero-order valence-electron chi connectivity index (χ0n) is 9.60. The zero-order valence-corrected chi connectivity index (χ0v) is 9.60. The van der Waals surface area contributed by atoms with E-state index in [1.165, 1.54) is 0 Å². The lowest BCUT2D eigenvalue weighted by atomic mass is 10.2. The topological polar surface area (TPSA) is 72.8 Å². The molecule has 0 saturated heterocycles. The van der Waals surface area contributed by atoms with Gasteiger partial charge in [0, 0.05) is 19.3 Å². The molecule has 0 saturated carbocycles. The Hall–Kier alpha value is -1.83. The van der Waals surface area contributed by atoms with Gasteiger partial charge in [-0.2, -0.15) is 10.4 Å². The number of nitriles is 1. The number of hydrogen-bond donors (Lipinski definition) is 1. The van der Waals surface area contributed by atoms with Crippen LogP contribution in [0.4, 0.5) is 0 Å². The molecule has 1 amide bonds. The quantitative estimate of drug-likeness (QED) is 0.815. The summed E-state index contributed by atoms with van der Waals surface area (Å²) in [4.78, 5) is 13.7. The lowest BCUT2D eigenvalue weighted by Crippen LogP contribution is -2.35. The number of carbonyl (C=O) groups excluding carboxylic acids is 1. The summed E-state index contributed by atoms with van der Waals surface area (Å²) in [6.45, 7) is 5.20. The van der Waals surface area contributed by atoms with Crippen molar-refractivity contribution in [1.82, 2.24) is 15.1 Å². The Morgan fingerprint density at radius 1 is 1.69 bits per heavy atom. The summed E-state index contributed by atoms with van der Waals surface area (Å²) in [6.07, 6.45) is 1.90. The molecule has 16 heavy (non-hydrogen) atoms. The Morgan fingerprint density at radius 2 is 2.44 bits per heavy atom. The Labute approximate surface area is 95.1 Å². The zero-order chi connectivity index (χ0) is 12.0. The first-order valence-corrected chi connectivity index (χ1v) is 5.30. The lowest BCUT2D eigenvalue weighted by molar-refractivity contribution is 0.0734. The van der Waals surface area contributed by atoms with Gasteiger partial charge in [0.1, 0.15) is 5.69 Å². The molecule has 0 bridgehead atoms. The van der Waals surface area contributed by atoms with E-state index in [1.807, 2.05) is 13.8 Å². The van der Waals surface area contributed by atoms with Crippen molar-refractivity contribution >= 4 is 5.91 Å². The third kappa shape index (κ3) is 3.39. The van der Waals surface area contributed by atoms with Gasteiger partial charge in [-0.1, -0.05) is 13.8 Å². The molecule has 1 rings (SSSR count). The Kier molecular flexibility index (Phi) is 4.52. The van der Waals surface area contributed by atoms with Gasteiger partial charge in [0.25, 0.3) is 5.91 Å². The maximum atomic E-state index is 12.0. The predicted molar refractivity (Wildman–Crippen MR) is 59.6 cm³/mol. The molecule has 1 N–H and O–H groups in total. The first-order chi connectivity index (χ1) is 7.65. The predicted octanol–water partition coefficient (Wildman–Crippen LogP) is 1.42. The minimum atomic E-state index is -0.0959. The van der Waals surface area contributed by atoms with Crippen molar-refractivity contribution in [2.45, 2.75) is 20.3 Å². The van der Waals surface area contributed by atoms with Crippen LogP contribution in [0, 0.1) is 17.2 Å². The van der Waals surface area contributed by atoms with Gasteiger partial charge in [0.15, 0.2) is 0 Å². The van der Waals surface area contributed by atoms with Gasteiger partial charge >= 0.3 is 0 Å². The molecule has 1 heterocycles. The maximum absolute atomic E-state index is 12.0. The molecule has 5 nitrogen and oxygen atoms in total. The van der Waals surface area contributed by atoms with Crippen LogP contribution in [0.2, 0.25) is 0 Å². The average Bonchev–Trinajstić information content (AvgIpc) is 2.76. The van der Waals surface area contributed by atoms with Crippen LogP contribution < -0.4 is 0 Å². The number of hydrogen-bond acceptors (Lipinski definition) is 3. The highest BCUT2D eigenvalue weighted by molar-refractivity contribution is 5.92. The summed E-state index contributed by atoms with van der Waals surface area (Å²) >= 11 is 0. The normalized spacial score (nSPS) is 10.1. The highest BCUT2D eigenvalue weighted by atomic mass is 16.2. The lowest BCUT2D eigenvalue weighted by Gasteiger charge is -2.22. The number of aromatic nitrogens is 2. The minimum Gasteiger partial charge on any atom is -0.336 e. The largest absolute Gasteiger partial charge is 0.336 e. The van der Waals surface area contributed by atoms with Gasteiger partial charge in [0.05, 0.1) is 12.5 Å². The van der Waals surface area contributed by atoms with E-state index in [0.717, 1.165) is 0 Å². The SMILES string of the molecule is CC(C)CN(CCC#N)C(=O)c1ccn[nH]1. The molecule has 0 aliphatic rings. The van der Waals surface area contributed by atoms with Crippen molar-refractivity contribution in [2.75, 3.05) is 13.1 Å². The van der Waals surface area contributed by atoms with Gasteiger partial charge in [-0.3, -0.25) is 9.89 Å². The Bertz CT molecular complexity index is 364. The Morgan fingerprint density at radius 3 is 2.94 bits per heavy atom. The van der Waals surface area contributed by atoms with Crippen molar-refractivity contribution in [1.29, 1.82) is 5.26 Å². The molecule has 5 heteroatoms. The van der Waals surface area contributed by atoms with Crippen LogP contribution in [0.3, 0.4) is 0 Å². The van der Waals surface area contributed by atoms with E-state index in [0.29, 0.717) is 31.1 Å². The maximum Gasteiger partial charge on any atom is 0.271 e. The number of amides is 1. The molecule has 0 aromatic carbocycles. The van der Waals surface area contributed by atoms with Crippen LogP contribution in [0.15, 0.2) is 12.3 Å². The summed E-state index contributed by atoms with van der Waals surface area (Å²) in [5.41, 5.74) is 0.471. The second kappa shape index (κ2) is 5.91. The third-order valence-corrected chi connectivity index (χ3v) is 2.10. The van der Waals surface area contributed by atoms with Crippen molar-refractivity contribution in [3.8, 4) is 6.07 Å². The number of nitrogens with zero attached hydrogens (tertiary/aromatic N) is 3. The molecular weight excluding hydrogens is 204 g/mol. The standard InChI is InChI=1S/C11H16N4O/c1-9(2)8-15(7-3-5-12)11(16)10-4-6-13-14-10/h4,6,9H,3,7-8H2,1-2H3,(H,13,14). The molecule has 1 aromatic rings. The molecule has 0 radical (unpaired) electrons. The van der Waals surface area contributed by atoms with E-state index in [2.05, 4.69) is 16.3 Å². The fourth-order valence-corrected chi connectivity index (χ4v) is 1.45. The number of nitrogens with one attached hydrogen (secondary N) is 1. The number of rotatable bonds is 5. The van der Waals surface area contributed by atoms with Crippen LogP contribution in [-0.4, -0.2) is 34.1 Å². The van der Waals surface area contributed by atoms with Gasteiger partial charge in [0.2, 0.25) is 0 Å². The van der Waals surface area contributed by atoms with Crippen LogP contribution in [0.25, 0.3) is 0 Å². The van der Waals surface area contributed by atoms with E-state index < -0.39 is 0 Å². The molecule has 0 fully saturated rings. The summed E-state index contributed by atoms with van der Waals surface area (Å²) in [6, 6.07) is 3.69. The molecule has 0 aliphatic carbocycles. The van der Waals surface area contributed by atoms with Gasteiger partial charge in [-0.05, 0) is 12.0 Å². The van der Waals surface area contributed by atoms with Crippen LogP contribution in [-0.2, 0) is 0 Å². The molecule has 0 aliphatic heterocycles. The summed E-state index contributed by atoms with van der Waals surface area (Å²) in [7, 11) is 0. The molecule has 0 spiro atoms. The van der Waals surface area contributed by atoms with E-state index in [4.69, 9.17) is 5.26 Å². The molecule has 0 atom stereocenters. The van der Waals surface area contributed by atoms with Gasteiger partial charge < -0.3 is 4.90 Å². The first-order valence-electron chi connectivity index (χ1n) is 5.30. The highest BCUT2D eigenvalue weighted by Gasteiger charge is 2.17. The van der Waals surface area contributed by atoms with Crippen LogP contribution in [0.5, 0.6) is 0 Å². The Balaban J connectivity index is 2.68. The average molecular weight is 220 g/mol. The van der Waals surface area contributed by atoms with E-state index in [1.54, 1.807) is 17.2 Å². The molecule has 86 valence electrons. The highest BCUT2D eigenvalue weighted by Crippen LogP contribution is 2.05. The second-order valence-electron chi connectivity index (χ2n) is 4.02. The smallest absolute Gasteiger partial charge is 0.271 e. The molecule has 1 aromatic heterocycles. The number of H-pyrrole nitrogens is 1. The van der Waals surface area contributed by atoms with Crippen molar-refractivity contribution in [3.05, 3.63) is 18.0 Å². The van der Waals surface area contributed by atoms with Crippen molar-refractivity contribution in [2.24, 2.45) is 5.92 Å². The molecular formula is C11H16N4O. The number of aromatic amines is 1. The molecule has 0 unspecified atom stereocenters. The van der Waals surface area contributed by atoms with E-state index in [9.17, 15) is 4.79 Å². The van der Waals surface area contributed by atoms with E-state index in [-0.39, 0.29) is 5.91 Å².